The van der Waals surface area contributed by atoms with E-state index in [-0.39, 0.29) is 0 Å². The normalized spacial score (nSPS) is 28.2. The van der Waals surface area contributed by atoms with Crippen LogP contribution in [0, 0.1) is 11.3 Å². The summed E-state index contributed by atoms with van der Waals surface area (Å²) in [5.41, 5.74) is 6.49. The molecular formula is C16H25NS. The largest absolute Gasteiger partial charge is 0.330 e. The zero-order valence-electron chi connectivity index (χ0n) is 11.4. The van der Waals surface area contributed by atoms with Gasteiger partial charge < -0.3 is 5.73 Å². The maximum atomic E-state index is 6.05. The van der Waals surface area contributed by atoms with Crippen LogP contribution in [0.15, 0.2) is 35.2 Å². The van der Waals surface area contributed by atoms with Gasteiger partial charge in [0, 0.05) is 4.90 Å². The third-order valence-electron chi connectivity index (χ3n) is 4.41. The highest BCUT2D eigenvalue weighted by Crippen LogP contribution is 2.41. The maximum absolute atomic E-state index is 6.05. The Bertz CT molecular complexity index is 341. The van der Waals surface area contributed by atoms with Gasteiger partial charge in [-0.3, -0.25) is 0 Å². The Morgan fingerprint density at radius 3 is 2.50 bits per heavy atom. The molecule has 0 atom stereocenters. The smallest absolute Gasteiger partial charge is 0.00719 e. The highest BCUT2D eigenvalue weighted by Gasteiger charge is 2.32. The predicted molar refractivity (Wildman–Crippen MR) is 80.9 cm³/mol. The second-order valence-corrected chi connectivity index (χ2v) is 6.97. The van der Waals surface area contributed by atoms with E-state index >= 15 is 0 Å². The van der Waals surface area contributed by atoms with Crippen LogP contribution in [0.5, 0.6) is 0 Å². The van der Waals surface area contributed by atoms with Gasteiger partial charge in [0.05, 0.1) is 0 Å². The van der Waals surface area contributed by atoms with Crippen LogP contribution in [0.4, 0.5) is 0 Å². The standard InChI is InChI=1S/C16H25NS/c1-14-7-9-16(13-17,10-8-14)11-12-18-15-5-3-2-4-6-15/h2-6,14H,7-13,17H2,1H3. The van der Waals surface area contributed by atoms with Crippen molar-refractivity contribution in [2.75, 3.05) is 12.3 Å². The molecule has 1 saturated carbocycles. The molecule has 2 N–H and O–H groups in total. The Morgan fingerprint density at radius 1 is 1.22 bits per heavy atom. The van der Waals surface area contributed by atoms with Gasteiger partial charge in [0.1, 0.15) is 0 Å². The summed E-state index contributed by atoms with van der Waals surface area (Å²) in [5.74, 6) is 2.11. The number of benzene rings is 1. The van der Waals surface area contributed by atoms with E-state index in [2.05, 4.69) is 37.3 Å². The van der Waals surface area contributed by atoms with Crippen LogP contribution < -0.4 is 5.73 Å². The summed E-state index contributed by atoms with van der Waals surface area (Å²) in [7, 11) is 0. The van der Waals surface area contributed by atoms with E-state index in [0.717, 1.165) is 12.5 Å². The van der Waals surface area contributed by atoms with E-state index in [0.29, 0.717) is 5.41 Å². The molecule has 18 heavy (non-hydrogen) atoms. The Balaban J connectivity index is 1.81. The second kappa shape index (κ2) is 6.63. The predicted octanol–water partition coefficient (Wildman–Crippen LogP) is 4.32. The molecule has 1 fully saturated rings. The molecule has 0 radical (unpaired) electrons. The van der Waals surface area contributed by atoms with Crippen LogP contribution in [0.2, 0.25) is 0 Å². The van der Waals surface area contributed by atoms with Crippen LogP contribution in [0.1, 0.15) is 39.0 Å². The number of rotatable bonds is 5. The molecule has 0 bridgehead atoms. The van der Waals surface area contributed by atoms with Crippen LogP contribution in [0.25, 0.3) is 0 Å². The zero-order valence-corrected chi connectivity index (χ0v) is 12.2. The van der Waals surface area contributed by atoms with Crippen molar-refractivity contribution in [3.8, 4) is 0 Å². The lowest BCUT2D eigenvalue weighted by Crippen LogP contribution is -2.35. The third kappa shape index (κ3) is 3.76. The first-order valence-corrected chi connectivity index (χ1v) is 8.11. The molecule has 0 heterocycles. The van der Waals surface area contributed by atoms with Gasteiger partial charge in [0.2, 0.25) is 0 Å². The topological polar surface area (TPSA) is 26.0 Å². The number of hydrogen-bond acceptors (Lipinski definition) is 2. The molecule has 0 spiro atoms. The number of thioether (sulfide) groups is 1. The van der Waals surface area contributed by atoms with E-state index < -0.39 is 0 Å². The molecule has 1 aromatic carbocycles. The monoisotopic (exact) mass is 263 g/mol. The van der Waals surface area contributed by atoms with Gasteiger partial charge in [-0.2, -0.15) is 0 Å². The van der Waals surface area contributed by atoms with Crippen LogP contribution in [-0.2, 0) is 0 Å². The zero-order chi connectivity index (χ0) is 12.8. The fourth-order valence-electron chi connectivity index (χ4n) is 2.83. The van der Waals surface area contributed by atoms with E-state index in [1.165, 1.54) is 42.8 Å². The lowest BCUT2D eigenvalue weighted by atomic mass is 9.69. The van der Waals surface area contributed by atoms with E-state index in [9.17, 15) is 0 Å². The summed E-state index contributed by atoms with van der Waals surface area (Å²) in [5, 5.41) is 0. The lowest BCUT2D eigenvalue weighted by molar-refractivity contribution is 0.159. The molecule has 1 aliphatic carbocycles. The van der Waals surface area contributed by atoms with Crippen molar-refractivity contribution >= 4 is 11.8 Å². The van der Waals surface area contributed by atoms with Gasteiger partial charge in [-0.15, -0.1) is 11.8 Å². The molecule has 2 rings (SSSR count). The van der Waals surface area contributed by atoms with Crippen molar-refractivity contribution in [3.63, 3.8) is 0 Å². The summed E-state index contributed by atoms with van der Waals surface area (Å²) in [6.45, 7) is 3.24. The maximum Gasteiger partial charge on any atom is 0.00719 e. The number of hydrogen-bond donors (Lipinski definition) is 1. The molecule has 0 saturated heterocycles. The van der Waals surface area contributed by atoms with Gasteiger partial charge in [0.15, 0.2) is 0 Å². The molecule has 0 amide bonds. The minimum absolute atomic E-state index is 0.439. The summed E-state index contributed by atoms with van der Waals surface area (Å²) in [4.78, 5) is 1.38. The molecule has 1 nitrogen and oxygen atoms in total. The van der Waals surface area contributed by atoms with Crippen molar-refractivity contribution in [2.45, 2.75) is 43.9 Å². The van der Waals surface area contributed by atoms with E-state index in [4.69, 9.17) is 5.73 Å². The summed E-state index contributed by atoms with van der Waals surface area (Å²) in [6.07, 6.45) is 6.68. The molecule has 0 aromatic heterocycles. The van der Waals surface area contributed by atoms with Gasteiger partial charge in [0.25, 0.3) is 0 Å². The molecule has 0 aliphatic heterocycles. The van der Waals surface area contributed by atoms with Gasteiger partial charge in [-0.25, -0.2) is 0 Å². The van der Waals surface area contributed by atoms with Gasteiger partial charge in [-0.1, -0.05) is 38.0 Å². The minimum atomic E-state index is 0.439. The Kier molecular flexibility index (Phi) is 5.13. The molecule has 2 heteroatoms. The quantitative estimate of drug-likeness (QED) is 0.800. The number of nitrogens with two attached hydrogens (primary N) is 1. The first-order valence-electron chi connectivity index (χ1n) is 7.12. The van der Waals surface area contributed by atoms with Crippen molar-refractivity contribution < 1.29 is 0 Å². The average Bonchev–Trinajstić information content (AvgIpc) is 2.43. The van der Waals surface area contributed by atoms with Gasteiger partial charge >= 0.3 is 0 Å². The molecule has 1 aliphatic rings. The fraction of sp³-hybridized carbons (Fsp3) is 0.625. The molecular weight excluding hydrogens is 238 g/mol. The second-order valence-electron chi connectivity index (χ2n) is 5.80. The molecule has 1 aromatic rings. The van der Waals surface area contributed by atoms with Crippen molar-refractivity contribution in [1.82, 2.24) is 0 Å². The van der Waals surface area contributed by atoms with Crippen LogP contribution in [-0.4, -0.2) is 12.3 Å². The van der Waals surface area contributed by atoms with Crippen LogP contribution in [0.3, 0.4) is 0 Å². The van der Waals surface area contributed by atoms with Crippen molar-refractivity contribution in [3.05, 3.63) is 30.3 Å². The third-order valence-corrected chi connectivity index (χ3v) is 5.43. The lowest BCUT2D eigenvalue weighted by Gasteiger charge is -2.38. The fourth-order valence-corrected chi connectivity index (χ4v) is 3.95. The molecule has 100 valence electrons. The Hall–Kier alpha value is -0.470. The summed E-state index contributed by atoms with van der Waals surface area (Å²) in [6, 6.07) is 10.7. The Morgan fingerprint density at radius 2 is 1.89 bits per heavy atom. The first kappa shape index (κ1) is 14.0. The van der Waals surface area contributed by atoms with Crippen LogP contribution >= 0.6 is 11.8 Å². The van der Waals surface area contributed by atoms with Gasteiger partial charge in [-0.05, 0) is 55.0 Å². The minimum Gasteiger partial charge on any atom is -0.330 e. The molecule has 0 unspecified atom stereocenters. The van der Waals surface area contributed by atoms with Crippen molar-refractivity contribution in [1.29, 1.82) is 0 Å². The SMILES string of the molecule is CC1CCC(CN)(CCSc2ccccc2)CC1. The summed E-state index contributed by atoms with van der Waals surface area (Å²) >= 11 is 1.97. The summed E-state index contributed by atoms with van der Waals surface area (Å²) < 4.78 is 0. The highest BCUT2D eigenvalue weighted by molar-refractivity contribution is 7.99. The van der Waals surface area contributed by atoms with Crippen molar-refractivity contribution in [2.24, 2.45) is 17.1 Å². The van der Waals surface area contributed by atoms with E-state index in [1.807, 2.05) is 11.8 Å². The highest BCUT2D eigenvalue weighted by atomic mass is 32.2. The average molecular weight is 263 g/mol. The first-order chi connectivity index (χ1) is 8.74. The van der Waals surface area contributed by atoms with E-state index in [1.54, 1.807) is 0 Å². The Labute approximate surface area is 116 Å².